The van der Waals surface area contributed by atoms with Crippen molar-refractivity contribution in [1.29, 1.82) is 0 Å². The number of para-hydroxylation sites is 1. The third-order valence-corrected chi connectivity index (χ3v) is 2.30. The average molecular weight is 251 g/mol. The molecule has 0 unspecified atom stereocenters. The highest BCUT2D eigenvalue weighted by Gasteiger charge is 2.15. The number of esters is 1. The van der Waals surface area contributed by atoms with Crippen LogP contribution in [0.4, 0.5) is 11.4 Å². The van der Waals surface area contributed by atoms with E-state index in [4.69, 9.17) is 10.5 Å². The van der Waals surface area contributed by atoms with Gasteiger partial charge in [-0.05, 0) is 19.1 Å². The van der Waals surface area contributed by atoms with E-state index in [1.165, 1.54) is 7.05 Å². The first kappa shape index (κ1) is 13.8. The summed E-state index contributed by atoms with van der Waals surface area (Å²) in [4.78, 5) is 22.9. The van der Waals surface area contributed by atoms with Gasteiger partial charge in [0, 0.05) is 7.05 Å². The Hall–Kier alpha value is -2.24. The number of hydrogen-bond acceptors (Lipinski definition) is 5. The van der Waals surface area contributed by atoms with E-state index in [-0.39, 0.29) is 19.1 Å². The molecule has 0 heterocycles. The zero-order valence-electron chi connectivity index (χ0n) is 10.4. The van der Waals surface area contributed by atoms with Gasteiger partial charge in [-0.3, -0.25) is 4.79 Å². The van der Waals surface area contributed by atoms with Gasteiger partial charge in [0.15, 0.2) is 0 Å². The number of nitrogens with one attached hydrogen (secondary N) is 2. The van der Waals surface area contributed by atoms with Crippen molar-refractivity contribution in [2.45, 2.75) is 6.92 Å². The zero-order chi connectivity index (χ0) is 13.5. The maximum Gasteiger partial charge on any atom is 0.340 e. The van der Waals surface area contributed by atoms with Gasteiger partial charge in [0.05, 0.1) is 30.1 Å². The molecule has 0 aromatic heterocycles. The Kier molecular flexibility index (Phi) is 4.98. The van der Waals surface area contributed by atoms with E-state index < -0.39 is 5.97 Å². The second-order valence-electron chi connectivity index (χ2n) is 3.52. The first-order valence-electron chi connectivity index (χ1n) is 5.60. The Balaban J connectivity index is 2.93. The molecule has 0 bridgehead atoms. The molecule has 98 valence electrons. The van der Waals surface area contributed by atoms with Crippen molar-refractivity contribution in [3.63, 3.8) is 0 Å². The highest BCUT2D eigenvalue weighted by Crippen LogP contribution is 2.23. The van der Waals surface area contributed by atoms with Gasteiger partial charge in [-0.1, -0.05) is 6.07 Å². The third-order valence-electron chi connectivity index (χ3n) is 2.30. The van der Waals surface area contributed by atoms with Crippen molar-refractivity contribution < 1.29 is 14.3 Å². The summed E-state index contributed by atoms with van der Waals surface area (Å²) in [6, 6.07) is 4.90. The van der Waals surface area contributed by atoms with Crippen LogP contribution in [-0.4, -0.2) is 32.1 Å². The van der Waals surface area contributed by atoms with Gasteiger partial charge in [-0.25, -0.2) is 4.79 Å². The van der Waals surface area contributed by atoms with Crippen LogP contribution in [0.3, 0.4) is 0 Å². The van der Waals surface area contributed by atoms with E-state index in [0.29, 0.717) is 16.9 Å². The molecular weight excluding hydrogens is 234 g/mol. The lowest BCUT2D eigenvalue weighted by molar-refractivity contribution is -0.118. The lowest BCUT2D eigenvalue weighted by Gasteiger charge is -2.13. The summed E-state index contributed by atoms with van der Waals surface area (Å²) < 4.78 is 4.92. The van der Waals surface area contributed by atoms with Gasteiger partial charge >= 0.3 is 5.97 Å². The normalized spacial score (nSPS) is 9.67. The molecule has 0 fully saturated rings. The standard InChI is InChI=1S/C12H17N3O3/c1-3-18-12(17)8-5-4-6-9(13)11(8)15-7-10(16)14-2/h4-6,15H,3,7,13H2,1-2H3,(H,14,16). The number of ether oxygens (including phenoxy) is 1. The molecule has 1 rings (SSSR count). The van der Waals surface area contributed by atoms with Crippen molar-refractivity contribution in [1.82, 2.24) is 5.32 Å². The molecular formula is C12H17N3O3. The quantitative estimate of drug-likeness (QED) is 0.526. The molecule has 1 aromatic rings. The van der Waals surface area contributed by atoms with Crippen LogP contribution in [-0.2, 0) is 9.53 Å². The number of benzene rings is 1. The first-order valence-corrected chi connectivity index (χ1v) is 5.60. The lowest BCUT2D eigenvalue weighted by Crippen LogP contribution is -2.27. The van der Waals surface area contributed by atoms with Crippen LogP contribution in [0.1, 0.15) is 17.3 Å². The summed E-state index contributed by atoms with van der Waals surface area (Å²) in [5, 5.41) is 5.30. The fraction of sp³-hybridized carbons (Fsp3) is 0.333. The van der Waals surface area contributed by atoms with Gasteiger partial charge in [-0.2, -0.15) is 0 Å². The number of anilines is 2. The number of hydrogen-bond donors (Lipinski definition) is 3. The second kappa shape index (κ2) is 6.48. The highest BCUT2D eigenvalue weighted by molar-refractivity contribution is 5.99. The van der Waals surface area contributed by atoms with Crippen LogP contribution in [0.15, 0.2) is 18.2 Å². The Labute approximate surface area is 105 Å². The zero-order valence-corrected chi connectivity index (χ0v) is 10.4. The van der Waals surface area contributed by atoms with Crippen LogP contribution < -0.4 is 16.4 Å². The topological polar surface area (TPSA) is 93.4 Å². The minimum absolute atomic E-state index is 0.0388. The molecule has 4 N–H and O–H groups in total. The number of carbonyl (C=O) groups is 2. The Morgan fingerprint density at radius 3 is 2.72 bits per heavy atom. The van der Waals surface area contributed by atoms with E-state index in [2.05, 4.69) is 10.6 Å². The van der Waals surface area contributed by atoms with Crippen LogP contribution >= 0.6 is 0 Å². The monoisotopic (exact) mass is 251 g/mol. The summed E-state index contributed by atoms with van der Waals surface area (Å²) in [6.07, 6.45) is 0. The highest BCUT2D eigenvalue weighted by atomic mass is 16.5. The lowest BCUT2D eigenvalue weighted by atomic mass is 10.1. The fourth-order valence-electron chi connectivity index (χ4n) is 1.40. The minimum Gasteiger partial charge on any atom is -0.462 e. The van der Waals surface area contributed by atoms with Crippen LogP contribution in [0.5, 0.6) is 0 Å². The van der Waals surface area contributed by atoms with E-state index >= 15 is 0 Å². The van der Waals surface area contributed by atoms with E-state index in [9.17, 15) is 9.59 Å². The van der Waals surface area contributed by atoms with E-state index in [1.54, 1.807) is 25.1 Å². The van der Waals surface area contributed by atoms with E-state index in [1.807, 2.05) is 0 Å². The average Bonchev–Trinajstić information content (AvgIpc) is 2.36. The number of nitrogen functional groups attached to an aromatic ring is 1. The van der Waals surface area contributed by atoms with Crippen LogP contribution in [0, 0.1) is 0 Å². The maximum absolute atomic E-state index is 11.7. The second-order valence-corrected chi connectivity index (χ2v) is 3.52. The van der Waals surface area contributed by atoms with E-state index in [0.717, 1.165) is 0 Å². The Morgan fingerprint density at radius 2 is 2.11 bits per heavy atom. The smallest absolute Gasteiger partial charge is 0.340 e. The van der Waals surface area contributed by atoms with Crippen molar-refractivity contribution in [2.75, 3.05) is 31.2 Å². The Bertz CT molecular complexity index is 446. The maximum atomic E-state index is 11.7. The molecule has 0 aliphatic carbocycles. The molecule has 18 heavy (non-hydrogen) atoms. The predicted molar refractivity (Wildman–Crippen MR) is 69.4 cm³/mol. The summed E-state index contributed by atoms with van der Waals surface area (Å²) in [6.45, 7) is 2.04. The molecule has 0 saturated heterocycles. The number of rotatable bonds is 5. The molecule has 0 spiro atoms. The number of carbonyl (C=O) groups excluding carboxylic acids is 2. The van der Waals surface area contributed by atoms with Crippen molar-refractivity contribution in [3.05, 3.63) is 23.8 Å². The van der Waals surface area contributed by atoms with Gasteiger partial charge in [0.25, 0.3) is 0 Å². The predicted octanol–water partition coefficient (Wildman–Crippen LogP) is 0.603. The summed E-state index contributed by atoms with van der Waals surface area (Å²) >= 11 is 0. The largest absolute Gasteiger partial charge is 0.462 e. The molecule has 0 aliphatic heterocycles. The van der Waals surface area contributed by atoms with Crippen molar-refractivity contribution in [3.8, 4) is 0 Å². The summed E-state index contributed by atoms with van der Waals surface area (Å²) in [7, 11) is 1.53. The summed E-state index contributed by atoms with van der Waals surface area (Å²) in [5.41, 5.74) is 6.91. The molecule has 6 heteroatoms. The molecule has 0 aliphatic rings. The fourth-order valence-corrected chi connectivity index (χ4v) is 1.40. The number of nitrogens with two attached hydrogens (primary N) is 1. The third kappa shape index (κ3) is 3.38. The number of likely N-dealkylation sites (N-methyl/N-ethyl adjacent to an activating group) is 1. The van der Waals surface area contributed by atoms with Gasteiger partial charge in [0.1, 0.15) is 0 Å². The number of amides is 1. The Morgan fingerprint density at radius 1 is 1.39 bits per heavy atom. The van der Waals surface area contributed by atoms with Crippen molar-refractivity contribution >= 4 is 23.3 Å². The summed E-state index contributed by atoms with van der Waals surface area (Å²) in [5.74, 6) is -0.669. The van der Waals surface area contributed by atoms with Crippen LogP contribution in [0.25, 0.3) is 0 Å². The first-order chi connectivity index (χ1) is 8.60. The SMILES string of the molecule is CCOC(=O)c1cccc(N)c1NCC(=O)NC. The van der Waals surface area contributed by atoms with Gasteiger partial charge in [0.2, 0.25) is 5.91 Å². The molecule has 1 aromatic carbocycles. The van der Waals surface area contributed by atoms with Gasteiger partial charge < -0.3 is 21.1 Å². The van der Waals surface area contributed by atoms with Gasteiger partial charge in [-0.15, -0.1) is 0 Å². The molecule has 1 amide bonds. The molecule has 0 atom stereocenters. The van der Waals surface area contributed by atoms with Crippen LogP contribution in [0.2, 0.25) is 0 Å². The minimum atomic E-state index is -0.468. The molecule has 0 radical (unpaired) electrons. The molecule has 0 saturated carbocycles. The van der Waals surface area contributed by atoms with Crippen molar-refractivity contribution in [2.24, 2.45) is 0 Å². The molecule has 6 nitrogen and oxygen atoms in total.